The molecule has 0 saturated heterocycles. The van der Waals surface area contributed by atoms with Crippen molar-refractivity contribution in [1.82, 2.24) is 10.3 Å². The second kappa shape index (κ2) is 6.76. The lowest BCUT2D eigenvalue weighted by molar-refractivity contribution is 0.0955. The maximum atomic E-state index is 11.6. The molecule has 0 atom stereocenters. The van der Waals surface area contributed by atoms with E-state index >= 15 is 0 Å². The molecule has 0 aliphatic carbocycles. The highest BCUT2D eigenvalue weighted by molar-refractivity contribution is 7.12. The number of amides is 1. The standard InChI is InChI=1S/C13H14N2O2S/c16-13(12-3-1-10-18-12)15-6-2-9-17-11-4-7-14-8-5-11/h1,3-5,7-8,10H,2,6,9H2,(H,15,16). The molecule has 2 heterocycles. The van der Waals surface area contributed by atoms with Crippen LogP contribution in [0.5, 0.6) is 5.75 Å². The summed E-state index contributed by atoms with van der Waals surface area (Å²) in [6.45, 7) is 1.19. The van der Waals surface area contributed by atoms with Crippen LogP contribution in [-0.4, -0.2) is 24.0 Å². The van der Waals surface area contributed by atoms with E-state index in [4.69, 9.17) is 4.74 Å². The highest BCUT2D eigenvalue weighted by Gasteiger charge is 2.04. The van der Waals surface area contributed by atoms with Gasteiger partial charge in [-0.1, -0.05) is 6.07 Å². The third-order valence-corrected chi connectivity index (χ3v) is 3.14. The summed E-state index contributed by atoms with van der Waals surface area (Å²) < 4.78 is 5.49. The Morgan fingerprint density at radius 3 is 2.89 bits per heavy atom. The summed E-state index contributed by atoms with van der Waals surface area (Å²) in [5.41, 5.74) is 0. The molecule has 4 nitrogen and oxygen atoms in total. The van der Waals surface area contributed by atoms with E-state index in [9.17, 15) is 4.79 Å². The van der Waals surface area contributed by atoms with Crippen LogP contribution >= 0.6 is 11.3 Å². The normalized spacial score (nSPS) is 10.0. The molecule has 0 bridgehead atoms. The Morgan fingerprint density at radius 2 is 2.17 bits per heavy atom. The van der Waals surface area contributed by atoms with E-state index in [2.05, 4.69) is 10.3 Å². The van der Waals surface area contributed by atoms with Crippen LogP contribution in [-0.2, 0) is 0 Å². The Hall–Kier alpha value is -1.88. The highest BCUT2D eigenvalue weighted by Crippen LogP contribution is 2.08. The molecule has 5 heteroatoms. The Kier molecular flexibility index (Phi) is 4.72. The number of nitrogens with one attached hydrogen (secondary N) is 1. The summed E-state index contributed by atoms with van der Waals surface area (Å²) in [5, 5.41) is 4.74. The van der Waals surface area contributed by atoms with Crippen molar-refractivity contribution >= 4 is 17.2 Å². The molecule has 2 rings (SSSR count). The zero-order valence-electron chi connectivity index (χ0n) is 9.83. The molecule has 0 aliphatic rings. The van der Waals surface area contributed by atoms with E-state index < -0.39 is 0 Å². The van der Waals surface area contributed by atoms with Gasteiger partial charge in [-0.3, -0.25) is 9.78 Å². The van der Waals surface area contributed by atoms with Crippen LogP contribution < -0.4 is 10.1 Å². The van der Waals surface area contributed by atoms with Gasteiger partial charge in [0.2, 0.25) is 0 Å². The number of rotatable bonds is 6. The average molecular weight is 262 g/mol. The van der Waals surface area contributed by atoms with Gasteiger partial charge in [-0.15, -0.1) is 11.3 Å². The van der Waals surface area contributed by atoms with E-state index in [-0.39, 0.29) is 5.91 Å². The van der Waals surface area contributed by atoms with Crippen LogP contribution in [0.15, 0.2) is 42.0 Å². The van der Waals surface area contributed by atoms with Crippen LogP contribution in [0.1, 0.15) is 16.1 Å². The molecule has 0 saturated carbocycles. The first kappa shape index (κ1) is 12.6. The average Bonchev–Trinajstić information content (AvgIpc) is 2.93. The molecule has 0 radical (unpaired) electrons. The fraction of sp³-hybridized carbons (Fsp3) is 0.231. The van der Waals surface area contributed by atoms with Crippen LogP contribution in [0.2, 0.25) is 0 Å². The summed E-state index contributed by atoms with van der Waals surface area (Å²) >= 11 is 1.44. The van der Waals surface area contributed by atoms with Crippen LogP contribution in [0.4, 0.5) is 0 Å². The number of ether oxygens (including phenoxy) is 1. The quantitative estimate of drug-likeness (QED) is 0.813. The highest BCUT2D eigenvalue weighted by atomic mass is 32.1. The van der Waals surface area contributed by atoms with Crippen LogP contribution in [0.3, 0.4) is 0 Å². The summed E-state index contributed by atoms with van der Waals surface area (Å²) in [4.78, 5) is 16.2. The second-order valence-electron chi connectivity index (χ2n) is 3.62. The summed E-state index contributed by atoms with van der Waals surface area (Å²) in [6.07, 6.45) is 4.15. The Bertz CT molecular complexity index is 471. The van der Waals surface area contributed by atoms with Crippen molar-refractivity contribution in [3.63, 3.8) is 0 Å². The second-order valence-corrected chi connectivity index (χ2v) is 4.57. The molecule has 18 heavy (non-hydrogen) atoms. The minimum atomic E-state index is -0.0195. The van der Waals surface area contributed by atoms with Gasteiger partial charge < -0.3 is 10.1 Å². The summed E-state index contributed by atoms with van der Waals surface area (Å²) in [6, 6.07) is 7.30. The molecule has 1 N–H and O–H groups in total. The van der Waals surface area contributed by atoms with Crippen molar-refractivity contribution in [2.45, 2.75) is 6.42 Å². The third kappa shape index (κ3) is 3.85. The van der Waals surface area contributed by atoms with E-state index in [1.807, 2.05) is 29.6 Å². The first-order valence-corrected chi connectivity index (χ1v) is 6.59. The van der Waals surface area contributed by atoms with Gasteiger partial charge in [-0.2, -0.15) is 0 Å². The van der Waals surface area contributed by atoms with Crippen LogP contribution in [0, 0.1) is 0 Å². The summed E-state index contributed by atoms with van der Waals surface area (Å²) in [5.74, 6) is 0.781. The fourth-order valence-electron chi connectivity index (χ4n) is 1.39. The predicted octanol–water partition coefficient (Wildman–Crippen LogP) is 2.34. The lowest BCUT2D eigenvalue weighted by Crippen LogP contribution is -2.24. The number of nitrogens with zero attached hydrogens (tertiary/aromatic N) is 1. The lowest BCUT2D eigenvalue weighted by Gasteiger charge is -2.06. The SMILES string of the molecule is O=C(NCCCOc1ccncc1)c1cccs1. The molecule has 1 amide bonds. The Labute approximate surface area is 110 Å². The minimum Gasteiger partial charge on any atom is -0.493 e. The van der Waals surface area contributed by atoms with Crippen molar-refractivity contribution in [1.29, 1.82) is 0 Å². The smallest absolute Gasteiger partial charge is 0.261 e. The number of carbonyl (C=O) groups excluding carboxylic acids is 1. The van der Waals surface area contributed by atoms with Crippen molar-refractivity contribution in [3.8, 4) is 5.75 Å². The maximum Gasteiger partial charge on any atom is 0.261 e. The first-order chi connectivity index (χ1) is 8.86. The topological polar surface area (TPSA) is 51.2 Å². The van der Waals surface area contributed by atoms with Crippen molar-refractivity contribution in [3.05, 3.63) is 46.9 Å². The molecule has 0 spiro atoms. The van der Waals surface area contributed by atoms with Gasteiger partial charge in [0, 0.05) is 18.9 Å². The number of carbonyl (C=O) groups is 1. The number of pyridine rings is 1. The molecular formula is C13H14N2O2S. The minimum absolute atomic E-state index is 0.0195. The molecule has 0 aromatic carbocycles. The lowest BCUT2D eigenvalue weighted by atomic mass is 10.4. The van der Waals surface area contributed by atoms with E-state index in [1.165, 1.54) is 11.3 Å². The van der Waals surface area contributed by atoms with Gasteiger partial charge >= 0.3 is 0 Å². The molecule has 94 valence electrons. The molecule has 0 aliphatic heterocycles. The Balaban J connectivity index is 1.61. The van der Waals surface area contributed by atoms with Gasteiger partial charge in [0.25, 0.3) is 5.91 Å². The predicted molar refractivity (Wildman–Crippen MR) is 71.0 cm³/mol. The van der Waals surface area contributed by atoms with Gasteiger partial charge in [0.1, 0.15) is 5.75 Å². The first-order valence-electron chi connectivity index (χ1n) is 5.71. The Morgan fingerprint density at radius 1 is 1.33 bits per heavy atom. The van der Waals surface area contributed by atoms with Gasteiger partial charge in [-0.05, 0) is 30.0 Å². The third-order valence-electron chi connectivity index (χ3n) is 2.27. The van der Waals surface area contributed by atoms with Crippen LogP contribution in [0.25, 0.3) is 0 Å². The maximum absolute atomic E-state index is 11.6. The molecule has 2 aromatic rings. The van der Waals surface area contributed by atoms with E-state index in [0.717, 1.165) is 17.0 Å². The molecule has 2 aromatic heterocycles. The molecular weight excluding hydrogens is 248 g/mol. The van der Waals surface area contributed by atoms with Crippen molar-refractivity contribution in [2.24, 2.45) is 0 Å². The molecule has 0 fully saturated rings. The largest absolute Gasteiger partial charge is 0.493 e. The summed E-state index contributed by atoms with van der Waals surface area (Å²) in [7, 11) is 0. The zero-order chi connectivity index (χ0) is 12.6. The zero-order valence-corrected chi connectivity index (χ0v) is 10.7. The van der Waals surface area contributed by atoms with Gasteiger partial charge in [0.05, 0.1) is 11.5 Å². The number of aromatic nitrogens is 1. The molecule has 0 unspecified atom stereocenters. The van der Waals surface area contributed by atoms with Gasteiger partial charge in [0.15, 0.2) is 0 Å². The fourth-order valence-corrected chi connectivity index (χ4v) is 2.03. The number of hydrogen-bond acceptors (Lipinski definition) is 4. The van der Waals surface area contributed by atoms with E-state index in [0.29, 0.717) is 13.2 Å². The van der Waals surface area contributed by atoms with Crippen molar-refractivity contribution < 1.29 is 9.53 Å². The van der Waals surface area contributed by atoms with E-state index in [1.54, 1.807) is 12.4 Å². The number of thiophene rings is 1. The van der Waals surface area contributed by atoms with Crippen molar-refractivity contribution in [2.75, 3.05) is 13.2 Å². The monoisotopic (exact) mass is 262 g/mol. The number of hydrogen-bond donors (Lipinski definition) is 1. The van der Waals surface area contributed by atoms with Gasteiger partial charge in [-0.25, -0.2) is 0 Å².